The molecule has 0 atom stereocenters. The first kappa shape index (κ1) is 13.3. The molecule has 0 saturated heterocycles. The highest BCUT2D eigenvalue weighted by atomic mass is 79.9. The van der Waals surface area contributed by atoms with Gasteiger partial charge in [0.2, 0.25) is 5.91 Å². The number of Topliss-reactive ketones (excluding diaryl/α,β-unsaturated/α-hetero) is 1. The zero-order valence-corrected chi connectivity index (χ0v) is 11.7. The van der Waals surface area contributed by atoms with Gasteiger partial charge in [0.05, 0.1) is 15.9 Å². The van der Waals surface area contributed by atoms with Crippen LogP contribution in [0.1, 0.15) is 29.2 Å². The quantitative estimate of drug-likeness (QED) is 0.687. The third kappa shape index (κ3) is 3.12. The summed E-state index contributed by atoms with van der Waals surface area (Å²) < 4.78 is 0. The number of carbonyl (C=O) groups is 2. The fourth-order valence-corrected chi connectivity index (χ4v) is 2.39. The van der Waals surface area contributed by atoms with Crippen LogP contribution in [0.3, 0.4) is 0 Å². The summed E-state index contributed by atoms with van der Waals surface area (Å²) in [5.41, 5.74) is 0.661. The molecule has 0 aliphatic heterocycles. The Hall–Kier alpha value is -0.750. The largest absolute Gasteiger partial charge is 0.302 e. The van der Waals surface area contributed by atoms with Crippen molar-refractivity contribution in [2.45, 2.75) is 20.8 Å². The van der Waals surface area contributed by atoms with Crippen molar-refractivity contribution in [3.8, 4) is 0 Å². The lowest BCUT2D eigenvalue weighted by atomic mass is 10.2. The van der Waals surface area contributed by atoms with Crippen LogP contribution in [-0.4, -0.2) is 22.0 Å². The summed E-state index contributed by atoms with van der Waals surface area (Å²) in [6.45, 7) is 5.37. The summed E-state index contributed by atoms with van der Waals surface area (Å²) in [6, 6.07) is 0. The number of hydrogen-bond acceptors (Lipinski definition) is 4. The summed E-state index contributed by atoms with van der Waals surface area (Å²) in [6.07, 6.45) is 0. The number of hydrogen-bond donors (Lipinski definition) is 1. The fraction of sp³-hybridized carbons (Fsp3) is 0.500. The monoisotopic (exact) mass is 304 g/mol. The van der Waals surface area contributed by atoms with Crippen molar-refractivity contribution < 1.29 is 9.59 Å². The van der Waals surface area contributed by atoms with E-state index in [1.165, 1.54) is 11.3 Å². The van der Waals surface area contributed by atoms with Crippen molar-refractivity contribution in [2.75, 3.05) is 10.6 Å². The van der Waals surface area contributed by atoms with E-state index in [9.17, 15) is 9.59 Å². The Morgan fingerprint density at radius 2 is 2.12 bits per heavy atom. The molecule has 0 spiro atoms. The second-order valence-corrected chi connectivity index (χ2v) is 5.19. The molecule has 0 radical (unpaired) electrons. The number of halogens is 1. The van der Waals surface area contributed by atoms with Gasteiger partial charge in [0.15, 0.2) is 10.9 Å². The smallest absolute Gasteiger partial charge is 0.228 e. The minimum atomic E-state index is -0.0977. The molecule has 88 valence electrons. The van der Waals surface area contributed by atoms with Crippen molar-refractivity contribution in [3.05, 3.63) is 10.6 Å². The fourth-order valence-electron chi connectivity index (χ4n) is 1.02. The maximum atomic E-state index is 11.5. The molecular weight excluding hydrogens is 292 g/mol. The SMILES string of the molecule is Cc1nc(NC(=O)C(C)C)sc1C(=O)CBr. The van der Waals surface area contributed by atoms with Crippen LogP contribution in [0, 0.1) is 12.8 Å². The van der Waals surface area contributed by atoms with Gasteiger partial charge in [-0.15, -0.1) is 0 Å². The lowest BCUT2D eigenvalue weighted by Crippen LogP contribution is -2.17. The van der Waals surface area contributed by atoms with E-state index in [1.807, 2.05) is 0 Å². The molecule has 1 aromatic heterocycles. The Morgan fingerprint density at radius 3 is 2.62 bits per heavy atom. The summed E-state index contributed by atoms with van der Waals surface area (Å²) in [5, 5.41) is 3.44. The molecule has 0 fully saturated rings. The van der Waals surface area contributed by atoms with E-state index in [2.05, 4.69) is 26.2 Å². The lowest BCUT2D eigenvalue weighted by Gasteiger charge is -2.02. The molecule has 0 aliphatic carbocycles. The highest BCUT2D eigenvalue weighted by Crippen LogP contribution is 2.23. The Labute approximate surface area is 107 Å². The van der Waals surface area contributed by atoms with Crippen LogP contribution < -0.4 is 5.32 Å². The Morgan fingerprint density at radius 1 is 1.50 bits per heavy atom. The molecule has 16 heavy (non-hydrogen) atoms. The lowest BCUT2D eigenvalue weighted by molar-refractivity contribution is -0.118. The second kappa shape index (κ2) is 5.54. The zero-order chi connectivity index (χ0) is 12.3. The minimum absolute atomic E-state index is 0.0138. The van der Waals surface area contributed by atoms with E-state index in [0.29, 0.717) is 15.7 Å². The topological polar surface area (TPSA) is 59.1 Å². The number of aryl methyl sites for hydroxylation is 1. The molecule has 0 aliphatic rings. The summed E-state index contributed by atoms with van der Waals surface area (Å²) in [7, 11) is 0. The first-order valence-electron chi connectivity index (χ1n) is 4.83. The average molecular weight is 305 g/mol. The van der Waals surface area contributed by atoms with E-state index in [1.54, 1.807) is 20.8 Å². The van der Waals surface area contributed by atoms with Gasteiger partial charge in [-0.3, -0.25) is 9.59 Å². The minimum Gasteiger partial charge on any atom is -0.302 e. The van der Waals surface area contributed by atoms with Crippen LogP contribution in [0.4, 0.5) is 5.13 Å². The number of amides is 1. The third-order valence-electron chi connectivity index (χ3n) is 1.93. The molecule has 4 nitrogen and oxygen atoms in total. The van der Waals surface area contributed by atoms with Gasteiger partial charge >= 0.3 is 0 Å². The number of anilines is 1. The van der Waals surface area contributed by atoms with Crippen LogP contribution >= 0.6 is 27.3 Å². The van der Waals surface area contributed by atoms with E-state index >= 15 is 0 Å². The van der Waals surface area contributed by atoms with Gasteiger partial charge in [0.25, 0.3) is 0 Å². The maximum Gasteiger partial charge on any atom is 0.228 e. The average Bonchev–Trinajstić information content (AvgIpc) is 2.58. The number of alkyl halides is 1. The molecule has 1 aromatic rings. The van der Waals surface area contributed by atoms with Crippen LogP contribution in [0.15, 0.2) is 0 Å². The number of rotatable bonds is 4. The number of thiazole rings is 1. The van der Waals surface area contributed by atoms with E-state index in [-0.39, 0.29) is 22.9 Å². The highest BCUT2D eigenvalue weighted by Gasteiger charge is 2.16. The molecule has 0 unspecified atom stereocenters. The van der Waals surface area contributed by atoms with Crippen molar-refractivity contribution in [3.63, 3.8) is 0 Å². The first-order chi connectivity index (χ1) is 7.45. The van der Waals surface area contributed by atoms with Crippen LogP contribution in [0.2, 0.25) is 0 Å². The van der Waals surface area contributed by atoms with Crippen molar-refractivity contribution in [1.82, 2.24) is 4.98 Å². The molecule has 0 saturated carbocycles. The number of aromatic nitrogens is 1. The summed E-state index contributed by atoms with van der Waals surface area (Å²) in [5.74, 6) is -0.203. The van der Waals surface area contributed by atoms with Gasteiger partial charge in [-0.25, -0.2) is 4.98 Å². The number of carbonyl (C=O) groups excluding carboxylic acids is 2. The van der Waals surface area contributed by atoms with E-state index in [0.717, 1.165) is 0 Å². The van der Waals surface area contributed by atoms with Gasteiger partial charge in [-0.05, 0) is 6.92 Å². The highest BCUT2D eigenvalue weighted by molar-refractivity contribution is 9.09. The van der Waals surface area contributed by atoms with Crippen molar-refractivity contribution >= 4 is 44.1 Å². The second-order valence-electron chi connectivity index (χ2n) is 3.63. The van der Waals surface area contributed by atoms with Gasteiger partial charge in [-0.1, -0.05) is 41.1 Å². The molecular formula is C10H13BrN2O2S. The van der Waals surface area contributed by atoms with Gasteiger partial charge in [0.1, 0.15) is 0 Å². The Balaban J connectivity index is 2.85. The normalized spacial score (nSPS) is 10.6. The van der Waals surface area contributed by atoms with Gasteiger partial charge in [-0.2, -0.15) is 0 Å². The first-order valence-corrected chi connectivity index (χ1v) is 6.77. The maximum absolute atomic E-state index is 11.5. The number of ketones is 1. The van der Waals surface area contributed by atoms with Gasteiger partial charge in [0, 0.05) is 5.92 Å². The zero-order valence-electron chi connectivity index (χ0n) is 9.33. The summed E-state index contributed by atoms with van der Waals surface area (Å²) >= 11 is 4.33. The van der Waals surface area contributed by atoms with Gasteiger partial charge < -0.3 is 5.32 Å². The standard InChI is InChI=1S/C10H13BrN2O2S/c1-5(2)9(15)13-10-12-6(3)8(16-10)7(14)4-11/h5H,4H2,1-3H3,(H,12,13,15). The Kier molecular flexibility index (Phi) is 4.61. The van der Waals surface area contributed by atoms with Crippen LogP contribution in [-0.2, 0) is 4.79 Å². The molecule has 1 amide bonds. The number of nitrogens with zero attached hydrogens (tertiary/aromatic N) is 1. The van der Waals surface area contributed by atoms with E-state index < -0.39 is 0 Å². The van der Waals surface area contributed by atoms with Crippen molar-refractivity contribution in [2.24, 2.45) is 5.92 Å². The predicted octanol–water partition coefficient (Wildman–Crippen LogP) is 2.62. The number of nitrogens with one attached hydrogen (secondary N) is 1. The van der Waals surface area contributed by atoms with Crippen molar-refractivity contribution in [1.29, 1.82) is 0 Å². The molecule has 0 aromatic carbocycles. The van der Waals surface area contributed by atoms with Crippen LogP contribution in [0.5, 0.6) is 0 Å². The predicted molar refractivity (Wildman–Crippen MR) is 68.4 cm³/mol. The Bertz CT molecular complexity index is 415. The molecule has 1 N–H and O–H groups in total. The van der Waals surface area contributed by atoms with E-state index in [4.69, 9.17) is 0 Å². The molecule has 6 heteroatoms. The van der Waals surface area contributed by atoms with Crippen LogP contribution in [0.25, 0.3) is 0 Å². The molecule has 0 bridgehead atoms. The third-order valence-corrected chi connectivity index (χ3v) is 3.55. The molecule has 1 rings (SSSR count). The summed E-state index contributed by atoms with van der Waals surface area (Å²) in [4.78, 5) is 27.7. The molecule has 1 heterocycles.